The molecule has 0 fully saturated rings. The Morgan fingerprint density at radius 3 is 2.87 bits per heavy atom. The number of pyridine rings is 1. The minimum absolute atomic E-state index is 0.193. The van der Waals surface area contributed by atoms with Gasteiger partial charge in [-0.2, -0.15) is 4.57 Å². The van der Waals surface area contributed by atoms with Gasteiger partial charge < -0.3 is 9.47 Å². The maximum atomic E-state index is 12.4. The summed E-state index contributed by atoms with van der Waals surface area (Å²) in [5.41, 5.74) is 1.19. The Labute approximate surface area is 130 Å². The molecule has 0 saturated carbocycles. The Morgan fingerprint density at radius 1 is 1.22 bits per heavy atom. The van der Waals surface area contributed by atoms with Gasteiger partial charge in [-0.05, 0) is 30.7 Å². The van der Waals surface area contributed by atoms with Gasteiger partial charge in [0.05, 0.1) is 12.7 Å². The van der Waals surface area contributed by atoms with Crippen molar-refractivity contribution in [2.75, 3.05) is 6.79 Å². The maximum absolute atomic E-state index is 12.4. The molecule has 4 rings (SSSR count). The zero-order chi connectivity index (χ0) is 16.0. The first kappa shape index (κ1) is 13.6. The lowest BCUT2D eigenvalue weighted by atomic mass is 10.0. The van der Waals surface area contributed by atoms with Crippen LogP contribution in [0.5, 0.6) is 11.5 Å². The topological polar surface area (TPSA) is 87.5 Å². The zero-order valence-corrected chi connectivity index (χ0v) is 12.4. The largest absolute Gasteiger partial charge is 0.454 e. The van der Waals surface area contributed by atoms with Gasteiger partial charge in [0.1, 0.15) is 5.39 Å². The molecule has 0 saturated heterocycles. The van der Waals surface area contributed by atoms with Gasteiger partial charge in [0.2, 0.25) is 6.79 Å². The van der Waals surface area contributed by atoms with E-state index in [4.69, 9.17) is 9.47 Å². The van der Waals surface area contributed by atoms with Gasteiger partial charge in [-0.25, -0.2) is 9.78 Å². The molecule has 0 spiro atoms. The molecule has 116 valence electrons. The summed E-state index contributed by atoms with van der Waals surface area (Å²) in [7, 11) is 0. The highest BCUT2D eigenvalue weighted by atomic mass is 16.7. The number of nitrogens with one attached hydrogen (secondary N) is 2. The van der Waals surface area contributed by atoms with Crippen molar-refractivity contribution in [3.05, 3.63) is 51.3 Å². The number of hydrogen-bond donors (Lipinski definition) is 1. The van der Waals surface area contributed by atoms with Crippen LogP contribution in [0, 0.1) is 0 Å². The predicted molar refractivity (Wildman–Crippen MR) is 82.6 cm³/mol. The second-order valence-corrected chi connectivity index (χ2v) is 5.19. The number of aryl methyl sites for hydroxylation is 1. The van der Waals surface area contributed by atoms with Crippen molar-refractivity contribution < 1.29 is 14.5 Å². The van der Waals surface area contributed by atoms with Gasteiger partial charge in [0.15, 0.2) is 11.5 Å². The average Bonchev–Trinajstić information content (AvgIpc) is 3.02. The van der Waals surface area contributed by atoms with E-state index in [1.165, 1.54) is 4.57 Å². The summed E-state index contributed by atoms with van der Waals surface area (Å²) < 4.78 is 12.2. The number of nitrogens with zero attached hydrogens (tertiary/aromatic N) is 1. The molecule has 0 bridgehead atoms. The molecule has 7 heteroatoms. The standard InChI is InChI=1S/C16H13N3O4/c1-2-19-14-13(15(20)18-16(19)21)10(5-6-17-14)9-3-4-11-12(7-9)23-8-22-11/h3-7H,2,8H2,1H3,(H,18,20,21)/p+1. The fourth-order valence-electron chi connectivity index (χ4n) is 2.86. The van der Waals surface area contributed by atoms with E-state index in [0.717, 1.165) is 11.1 Å². The van der Waals surface area contributed by atoms with Gasteiger partial charge in [-0.15, -0.1) is 0 Å². The molecule has 2 aromatic heterocycles. The summed E-state index contributed by atoms with van der Waals surface area (Å²) in [5, 5.41) is 0.438. The molecule has 3 heterocycles. The average molecular weight is 312 g/mol. The number of aromatic amines is 2. The highest BCUT2D eigenvalue weighted by Crippen LogP contribution is 2.36. The highest BCUT2D eigenvalue weighted by Gasteiger charge is 2.20. The van der Waals surface area contributed by atoms with E-state index >= 15 is 0 Å². The SMILES string of the molecule is CCn1c(=O)[nH]c(=O)c2c(-c3ccc4c(c3)OCO4)cc[nH+]c21. The van der Waals surface area contributed by atoms with Crippen molar-refractivity contribution in [2.24, 2.45) is 0 Å². The lowest BCUT2D eigenvalue weighted by Gasteiger charge is -2.06. The van der Waals surface area contributed by atoms with Crippen LogP contribution in [-0.2, 0) is 6.54 Å². The number of fused-ring (bicyclic) bond motifs is 2. The number of H-pyrrole nitrogens is 2. The van der Waals surface area contributed by atoms with Gasteiger partial charge in [0.25, 0.3) is 11.2 Å². The Bertz CT molecular complexity index is 1040. The van der Waals surface area contributed by atoms with E-state index in [1.54, 1.807) is 12.3 Å². The predicted octanol–water partition coefficient (Wildman–Crippen LogP) is 0.919. The van der Waals surface area contributed by atoms with E-state index in [9.17, 15) is 9.59 Å². The second kappa shape index (κ2) is 4.98. The lowest BCUT2D eigenvalue weighted by molar-refractivity contribution is -0.349. The fraction of sp³-hybridized carbons (Fsp3) is 0.188. The first-order chi connectivity index (χ1) is 11.2. The minimum atomic E-state index is -0.427. The summed E-state index contributed by atoms with van der Waals surface area (Å²) in [4.78, 5) is 29.7. The van der Waals surface area contributed by atoms with Crippen molar-refractivity contribution in [1.82, 2.24) is 9.55 Å². The molecule has 0 aliphatic carbocycles. The van der Waals surface area contributed by atoms with Crippen molar-refractivity contribution in [3.8, 4) is 22.6 Å². The molecule has 0 radical (unpaired) electrons. The van der Waals surface area contributed by atoms with E-state index in [0.29, 0.717) is 29.1 Å². The van der Waals surface area contributed by atoms with Gasteiger partial charge in [-0.1, -0.05) is 6.07 Å². The Kier molecular flexibility index (Phi) is 2.94. The van der Waals surface area contributed by atoms with Crippen LogP contribution in [0.15, 0.2) is 40.1 Å². The van der Waals surface area contributed by atoms with E-state index in [-0.39, 0.29) is 6.79 Å². The van der Waals surface area contributed by atoms with Crippen molar-refractivity contribution in [2.45, 2.75) is 13.5 Å². The Hall–Kier alpha value is -3.09. The third-order valence-corrected chi connectivity index (χ3v) is 3.94. The molecule has 0 atom stereocenters. The van der Waals surface area contributed by atoms with Crippen LogP contribution in [0.3, 0.4) is 0 Å². The molecule has 23 heavy (non-hydrogen) atoms. The smallest absolute Gasteiger partial charge is 0.415 e. The van der Waals surface area contributed by atoms with E-state index in [2.05, 4.69) is 9.97 Å². The molecule has 2 N–H and O–H groups in total. The van der Waals surface area contributed by atoms with Crippen molar-refractivity contribution >= 4 is 11.0 Å². The summed E-state index contributed by atoms with van der Waals surface area (Å²) >= 11 is 0. The van der Waals surface area contributed by atoms with Crippen LogP contribution in [-0.4, -0.2) is 16.3 Å². The van der Waals surface area contributed by atoms with Crippen LogP contribution < -0.4 is 25.7 Å². The van der Waals surface area contributed by atoms with Crippen LogP contribution in [0.2, 0.25) is 0 Å². The van der Waals surface area contributed by atoms with E-state index < -0.39 is 11.2 Å². The third kappa shape index (κ3) is 2.01. The molecule has 1 aliphatic heterocycles. The second-order valence-electron chi connectivity index (χ2n) is 5.19. The van der Waals surface area contributed by atoms with E-state index in [1.807, 2.05) is 25.1 Å². The van der Waals surface area contributed by atoms with Crippen LogP contribution >= 0.6 is 0 Å². The summed E-state index contributed by atoms with van der Waals surface area (Å²) in [6.45, 7) is 2.49. The van der Waals surface area contributed by atoms with Crippen molar-refractivity contribution in [1.29, 1.82) is 0 Å². The highest BCUT2D eigenvalue weighted by molar-refractivity contribution is 5.90. The summed E-state index contributed by atoms with van der Waals surface area (Å²) in [5.74, 6) is 1.32. The zero-order valence-electron chi connectivity index (χ0n) is 12.4. The maximum Gasteiger partial charge on any atom is 0.415 e. The van der Waals surface area contributed by atoms with Crippen molar-refractivity contribution in [3.63, 3.8) is 0 Å². The quantitative estimate of drug-likeness (QED) is 0.762. The van der Waals surface area contributed by atoms with Crippen LogP contribution in [0.1, 0.15) is 6.92 Å². The summed E-state index contributed by atoms with van der Waals surface area (Å²) in [6.07, 6.45) is 1.72. The molecular weight excluding hydrogens is 298 g/mol. The van der Waals surface area contributed by atoms with Gasteiger partial charge >= 0.3 is 5.69 Å². The molecule has 1 aliphatic rings. The molecule has 7 nitrogen and oxygen atoms in total. The Balaban J connectivity index is 2.05. The van der Waals surface area contributed by atoms with Crippen LogP contribution in [0.25, 0.3) is 22.2 Å². The first-order valence-corrected chi connectivity index (χ1v) is 7.26. The molecular formula is C16H14N3O4+. The number of aromatic nitrogens is 3. The first-order valence-electron chi connectivity index (χ1n) is 7.26. The number of rotatable bonds is 2. The normalized spacial score (nSPS) is 12.7. The summed E-state index contributed by atoms with van der Waals surface area (Å²) in [6, 6.07) is 7.31. The molecule has 0 amide bonds. The fourth-order valence-corrected chi connectivity index (χ4v) is 2.86. The molecule has 1 aromatic carbocycles. The number of ether oxygens (including phenoxy) is 2. The number of benzene rings is 1. The van der Waals surface area contributed by atoms with Gasteiger partial charge in [-0.3, -0.25) is 9.78 Å². The minimum Gasteiger partial charge on any atom is -0.454 e. The molecule has 0 unspecified atom stereocenters. The Morgan fingerprint density at radius 2 is 2.04 bits per heavy atom. The third-order valence-electron chi connectivity index (χ3n) is 3.94. The lowest BCUT2D eigenvalue weighted by Crippen LogP contribution is -2.33. The number of hydrogen-bond acceptors (Lipinski definition) is 4. The monoisotopic (exact) mass is 312 g/mol. The molecule has 3 aromatic rings. The van der Waals surface area contributed by atoms with Gasteiger partial charge in [0, 0.05) is 5.56 Å². The van der Waals surface area contributed by atoms with Crippen LogP contribution in [0.4, 0.5) is 0 Å².